The second kappa shape index (κ2) is 7.58. The van der Waals surface area contributed by atoms with Gasteiger partial charge in [-0.3, -0.25) is 0 Å². The molecular weight excluding hydrogens is 348 g/mol. The molecule has 4 aliphatic rings. The molecule has 0 amide bonds. The van der Waals surface area contributed by atoms with E-state index in [9.17, 15) is 0 Å². The lowest BCUT2D eigenvalue weighted by molar-refractivity contribution is 0.140. The second-order valence-electron chi connectivity index (χ2n) is 11.9. The Bertz CT molecular complexity index is 759. The first kappa shape index (κ1) is 21.2. The van der Waals surface area contributed by atoms with E-state index in [2.05, 4.69) is 78.8 Å². The number of fused-ring (bicyclic) bond motifs is 5. The first-order chi connectivity index (χ1) is 13.7. The summed E-state index contributed by atoms with van der Waals surface area (Å²) in [5, 5.41) is 0. The lowest BCUT2D eigenvalue weighted by Gasteiger charge is -2.50. The van der Waals surface area contributed by atoms with Gasteiger partial charge in [0.2, 0.25) is 0 Å². The van der Waals surface area contributed by atoms with Gasteiger partial charge in [-0.2, -0.15) is 0 Å². The molecule has 0 aromatic rings. The molecular formula is C29H44. The Labute approximate surface area is 180 Å². The molecule has 2 saturated carbocycles. The molecule has 4 rings (SSSR count). The van der Waals surface area contributed by atoms with Crippen LogP contribution in [0.3, 0.4) is 0 Å². The van der Waals surface area contributed by atoms with Crippen LogP contribution in [0.15, 0.2) is 47.1 Å². The molecule has 4 aliphatic carbocycles. The maximum absolute atomic E-state index is 2.69. The Morgan fingerprint density at radius 1 is 1.00 bits per heavy atom. The zero-order valence-electron chi connectivity index (χ0n) is 20.1. The fourth-order valence-corrected chi connectivity index (χ4v) is 7.16. The van der Waals surface area contributed by atoms with Crippen molar-refractivity contribution in [3.05, 3.63) is 47.1 Å². The van der Waals surface area contributed by atoms with Gasteiger partial charge >= 0.3 is 0 Å². The molecule has 0 saturated heterocycles. The van der Waals surface area contributed by atoms with E-state index in [1.54, 1.807) is 16.7 Å². The number of rotatable bonds is 4. The Hall–Kier alpha value is -1.04. The molecule has 0 spiro atoms. The Morgan fingerprint density at radius 3 is 2.48 bits per heavy atom. The van der Waals surface area contributed by atoms with Gasteiger partial charge in [0.15, 0.2) is 0 Å². The van der Waals surface area contributed by atoms with Gasteiger partial charge in [0.05, 0.1) is 0 Å². The third-order valence-corrected chi connectivity index (χ3v) is 9.72. The zero-order valence-corrected chi connectivity index (χ0v) is 20.1. The Morgan fingerprint density at radius 2 is 1.76 bits per heavy atom. The van der Waals surface area contributed by atoms with Crippen molar-refractivity contribution in [3.8, 4) is 0 Å². The molecule has 2 fully saturated rings. The van der Waals surface area contributed by atoms with Crippen molar-refractivity contribution in [2.45, 2.75) is 87.0 Å². The minimum atomic E-state index is 0.328. The SMILES string of the molecule is CC1CCC2(C)C(=CC=C3C2=CCC2(C)C3CCC2C(C)/C=C/C(C)C(C)C)C1. The third kappa shape index (κ3) is 3.43. The van der Waals surface area contributed by atoms with Crippen LogP contribution in [0.5, 0.6) is 0 Å². The summed E-state index contributed by atoms with van der Waals surface area (Å²) in [7, 11) is 0. The van der Waals surface area contributed by atoms with Crippen LogP contribution in [-0.2, 0) is 0 Å². The Kier molecular flexibility index (Phi) is 5.54. The van der Waals surface area contributed by atoms with Crippen molar-refractivity contribution < 1.29 is 0 Å². The van der Waals surface area contributed by atoms with Crippen molar-refractivity contribution >= 4 is 0 Å². The summed E-state index contributed by atoms with van der Waals surface area (Å²) >= 11 is 0. The quantitative estimate of drug-likeness (QED) is 0.420. The summed E-state index contributed by atoms with van der Waals surface area (Å²) in [5.41, 5.74) is 5.91. The first-order valence-electron chi connectivity index (χ1n) is 12.5. The summed E-state index contributed by atoms with van der Waals surface area (Å²) in [5.74, 6) is 4.53. The number of hydrogen-bond donors (Lipinski definition) is 0. The predicted octanol–water partition coefficient (Wildman–Crippen LogP) is 8.53. The standard InChI is InChI=1S/C29H44/c1-19(2)21(4)8-9-22(5)25-12-13-26-24-11-10-23-18-20(3)14-16-28(23,6)27(24)15-17-29(25,26)7/h8-11,15,19-22,25-26H,12-14,16-18H2,1-7H3/b9-8+. The van der Waals surface area contributed by atoms with E-state index in [-0.39, 0.29) is 0 Å². The topological polar surface area (TPSA) is 0 Å². The van der Waals surface area contributed by atoms with E-state index in [1.807, 2.05) is 0 Å². The average molecular weight is 393 g/mol. The van der Waals surface area contributed by atoms with E-state index in [0.717, 1.165) is 23.7 Å². The molecule has 29 heavy (non-hydrogen) atoms. The molecule has 7 unspecified atom stereocenters. The predicted molar refractivity (Wildman–Crippen MR) is 127 cm³/mol. The van der Waals surface area contributed by atoms with E-state index in [0.29, 0.717) is 22.7 Å². The minimum absolute atomic E-state index is 0.328. The molecule has 0 aromatic carbocycles. The highest BCUT2D eigenvalue weighted by Gasteiger charge is 2.53. The van der Waals surface area contributed by atoms with Gasteiger partial charge in [0, 0.05) is 5.41 Å². The highest BCUT2D eigenvalue weighted by Crippen LogP contribution is 2.64. The van der Waals surface area contributed by atoms with Crippen LogP contribution in [0.25, 0.3) is 0 Å². The van der Waals surface area contributed by atoms with E-state index >= 15 is 0 Å². The maximum atomic E-state index is 2.69. The molecule has 0 heteroatoms. The molecule has 0 aliphatic heterocycles. The van der Waals surface area contributed by atoms with Crippen LogP contribution in [0, 0.1) is 46.3 Å². The smallest absolute Gasteiger partial charge is 0.0136 e. The first-order valence-corrected chi connectivity index (χ1v) is 12.5. The summed E-state index contributed by atoms with van der Waals surface area (Å²) in [6, 6.07) is 0. The van der Waals surface area contributed by atoms with Gasteiger partial charge in [-0.1, -0.05) is 84.4 Å². The lowest BCUT2D eigenvalue weighted by Crippen LogP contribution is -2.40. The highest BCUT2D eigenvalue weighted by molar-refractivity contribution is 5.53. The summed E-state index contributed by atoms with van der Waals surface area (Å²) in [6.45, 7) is 17.1. The van der Waals surface area contributed by atoms with Crippen molar-refractivity contribution in [1.29, 1.82) is 0 Å². The molecule has 0 aromatic heterocycles. The molecule has 0 bridgehead atoms. The van der Waals surface area contributed by atoms with E-state index in [4.69, 9.17) is 0 Å². The third-order valence-electron chi connectivity index (χ3n) is 9.72. The minimum Gasteiger partial charge on any atom is -0.0852 e. The van der Waals surface area contributed by atoms with Gasteiger partial charge < -0.3 is 0 Å². The van der Waals surface area contributed by atoms with Gasteiger partial charge in [0.1, 0.15) is 0 Å². The summed E-state index contributed by atoms with van der Waals surface area (Å²) < 4.78 is 0. The van der Waals surface area contributed by atoms with E-state index in [1.165, 1.54) is 38.5 Å². The fourth-order valence-electron chi connectivity index (χ4n) is 7.16. The molecule has 0 nitrogen and oxygen atoms in total. The van der Waals surface area contributed by atoms with Crippen LogP contribution < -0.4 is 0 Å². The largest absolute Gasteiger partial charge is 0.0852 e. The van der Waals surface area contributed by atoms with Gasteiger partial charge in [-0.15, -0.1) is 0 Å². The van der Waals surface area contributed by atoms with Crippen molar-refractivity contribution in [3.63, 3.8) is 0 Å². The van der Waals surface area contributed by atoms with Crippen molar-refractivity contribution in [2.24, 2.45) is 46.3 Å². The zero-order chi connectivity index (χ0) is 21.0. The monoisotopic (exact) mass is 392 g/mol. The van der Waals surface area contributed by atoms with Crippen LogP contribution in [0.2, 0.25) is 0 Å². The lowest BCUT2D eigenvalue weighted by atomic mass is 9.54. The van der Waals surface area contributed by atoms with Crippen molar-refractivity contribution in [1.82, 2.24) is 0 Å². The van der Waals surface area contributed by atoms with Crippen molar-refractivity contribution in [2.75, 3.05) is 0 Å². The molecule has 7 atom stereocenters. The summed E-state index contributed by atoms with van der Waals surface area (Å²) in [6.07, 6.45) is 20.9. The number of allylic oxidation sites excluding steroid dienone is 8. The maximum Gasteiger partial charge on any atom is 0.0136 e. The number of hydrogen-bond acceptors (Lipinski definition) is 0. The van der Waals surface area contributed by atoms with Crippen LogP contribution in [0.1, 0.15) is 87.0 Å². The van der Waals surface area contributed by atoms with Crippen LogP contribution >= 0.6 is 0 Å². The van der Waals surface area contributed by atoms with Crippen LogP contribution in [0.4, 0.5) is 0 Å². The molecule has 0 heterocycles. The molecule has 0 radical (unpaired) electrons. The average Bonchev–Trinajstić information content (AvgIpc) is 3.03. The fraction of sp³-hybridized carbons (Fsp3) is 0.724. The van der Waals surface area contributed by atoms with Gasteiger partial charge in [-0.05, 0) is 90.6 Å². The normalized spacial score (nSPS) is 41.2. The van der Waals surface area contributed by atoms with Crippen LogP contribution in [-0.4, -0.2) is 0 Å². The van der Waals surface area contributed by atoms with Gasteiger partial charge in [0.25, 0.3) is 0 Å². The summed E-state index contributed by atoms with van der Waals surface area (Å²) in [4.78, 5) is 0. The van der Waals surface area contributed by atoms with E-state index < -0.39 is 0 Å². The Balaban J connectivity index is 1.60. The van der Waals surface area contributed by atoms with Gasteiger partial charge in [-0.25, -0.2) is 0 Å². The second-order valence-corrected chi connectivity index (χ2v) is 11.9. The molecule has 160 valence electrons. The molecule has 0 N–H and O–H groups in total. The highest BCUT2D eigenvalue weighted by atomic mass is 14.6.